The first kappa shape index (κ1) is 31.8. The van der Waals surface area contributed by atoms with Crippen molar-refractivity contribution in [2.24, 2.45) is 5.92 Å². The number of hydrogen-bond donors (Lipinski definition) is 0. The molecule has 0 N–H and O–H groups in total. The Morgan fingerprint density at radius 3 is 1.85 bits per heavy atom. The van der Waals surface area contributed by atoms with Crippen molar-refractivity contribution in [2.75, 3.05) is 33.0 Å². The first-order chi connectivity index (χ1) is 19.9. The van der Waals surface area contributed by atoms with Gasteiger partial charge >= 0.3 is 11.9 Å². The second kappa shape index (κ2) is 17.2. The van der Waals surface area contributed by atoms with Crippen LogP contribution >= 0.6 is 0 Å². The third-order valence-corrected chi connectivity index (χ3v) is 6.69. The van der Waals surface area contributed by atoms with E-state index in [-0.39, 0.29) is 18.0 Å². The van der Waals surface area contributed by atoms with E-state index in [9.17, 15) is 9.59 Å². The predicted molar refractivity (Wildman–Crippen MR) is 159 cm³/mol. The van der Waals surface area contributed by atoms with Gasteiger partial charge in [-0.05, 0) is 72.9 Å². The van der Waals surface area contributed by atoms with Gasteiger partial charge in [0.25, 0.3) is 0 Å². The molecule has 0 saturated carbocycles. The molecule has 220 valence electrons. The molecular weight excluding hydrogens is 520 g/mol. The van der Waals surface area contributed by atoms with Gasteiger partial charge in [-0.25, -0.2) is 4.79 Å². The highest BCUT2D eigenvalue weighted by molar-refractivity contribution is 5.91. The molecule has 3 aromatic carbocycles. The normalized spacial score (nSPS) is 12.4. The van der Waals surface area contributed by atoms with Gasteiger partial charge in [0, 0.05) is 6.61 Å². The second-order valence-corrected chi connectivity index (χ2v) is 9.88. The van der Waals surface area contributed by atoms with Crippen LogP contribution in [0.5, 0.6) is 11.5 Å². The standard InChI is InChI=1S/C34H42O7/c1-5-7-20-37-21-22-38-23-24-39-31-16-14-29(15-17-31)28-8-10-30(11-9-28)34(36)41-32-18-12-27(13-19-32)26(4)40-33(35)25(3)6-2/h8-19,25-26H,5-7,20-24H2,1-4H3/t25-,26-/m0/s1. The molecule has 0 aliphatic carbocycles. The molecule has 0 aliphatic rings. The third kappa shape index (κ3) is 10.7. The van der Waals surface area contributed by atoms with Gasteiger partial charge in [-0.1, -0.05) is 63.6 Å². The first-order valence-corrected chi connectivity index (χ1v) is 14.4. The molecule has 0 saturated heterocycles. The summed E-state index contributed by atoms with van der Waals surface area (Å²) in [5.41, 5.74) is 3.27. The van der Waals surface area contributed by atoms with Gasteiger partial charge in [-0.3, -0.25) is 4.79 Å². The molecule has 0 spiro atoms. The van der Waals surface area contributed by atoms with E-state index in [1.54, 1.807) is 36.4 Å². The van der Waals surface area contributed by atoms with Crippen LogP contribution in [0.1, 0.15) is 69.0 Å². The zero-order valence-electron chi connectivity index (χ0n) is 24.6. The minimum absolute atomic E-state index is 0.140. The van der Waals surface area contributed by atoms with E-state index >= 15 is 0 Å². The fourth-order valence-corrected chi connectivity index (χ4v) is 3.83. The topological polar surface area (TPSA) is 80.3 Å². The Balaban J connectivity index is 1.43. The maximum Gasteiger partial charge on any atom is 0.343 e. The van der Waals surface area contributed by atoms with E-state index < -0.39 is 5.97 Å². The van der Waals surface area contributed by atoms with Crippen LogP contribution in [-0.2, 0) is 19.0 Å². The summed E-state index contributed by atoms with van der Waals surface area (Å²) < 4.78 is 27.8. The van der Waals surface area contributed by atoms with Crippen molar-refractivity contribution in [3.63, 3.8) is 0 Å². The summed E-state index contributed by atoms with van der Waals surface area (Å²) in [6.45, 7) is 10.7. The van der Waals surface area contributed by atoms with Crippen molar-refractivity contribution in [3.05, 3.63) is 83.9 Å². The van der Waals surface area contributed by atoms with Gasteiger partial charge in [-0.2, -0.15) is 0 Å². The van der Waals surface area contributed by atoms with Gasteiger partial charge in [0.2, 0.25) is 0 Å². The molecule has 7 nitrogen and oxygen atoms in total. The van der Waals surface area contributed by atoms with Crippen LogP contribution in [0.2, 0.25) is 0 Å². The average molecular weight is 563 g/mol. The smallest absolute Gasteiger partial charge is 0.343 e. The fraction of sp³-hybridized carbons (Fsp3) is 0.412. The molecule has 2 atom stereocenters. The van der Waals surface area contributed by atoms with E-state index in [1.807, 2.05) is 57.2 Å². The predicted octanol–water partition coefficient (Wildman–Crippen LogP) is 7.44. The van der Waals surface area contributed by atoms with E-state index in [0.29, 0.717) is 37.7 Å². The summed E-state index contributed by atoms with van der Waals surface area (Å²) in [5.74, 6) is 0.386. The molecule has 7 heteroatoms. The largest absolute Gasteiger partial charge is 0.491 e. The summed E-state index contributed by atoms with van der Waals surface area (Å²) in [4.78, 5) is 24.7. The van der Waals surface area contributed by atoms with Crippen LogP contribution in [0, 0.1) is 5.92 Å². The molecule has 0 amide bonds. The lowest BCUT2D eigenvalue weighted by molar-refractivity contribution is -0.153. The lowest BCUT2D eigenvalue weighted by Gasteiger charge is -2.16. The SMILES string of the molecule is CCCCOCCOCCOc1ccc(-c2ccc(C(=O)Oc3ccc([C@H](C)OC(=O)[C@@H](C)CC)cc3)cc2)cc1. The van der Waals surface area contributed by atoms with Gasteiger partial charge in [0.05, 0.1) is 31.3 Å². The van der Waals surface area contributed by atoms with Crippen molar-refractivity contribution < 1.29 is 33.3 Å². The third-order valence-electron chi connectivity index (χ3n) is 6.69. The van der Waals surface area contributed by atoms with E-state index in [2.05, 4.69) is 6.92 Å². The number of ether oxygens (including phenoxy) is 5. The molecule has 0 aliphatic heterocycles. The second-order valence-electron chi connectivity index (χ2n) is 9.88. The molecular formula is C34H42O7. The van der Waals surface area contributed by atoms with Crippen LogP contribution in [0.15, 0.2) is 72.8 Å². The number of carbonyl (C=O) groups excluding carboxylic acids is 2. The van der Waals surface area contributed by atoms with Crippen molar-refractivity contribution in [1.29, 1.82) is 0 Å². The molecule has 0 aromatic heterocycles. The number of esters is 2. The number of carbonyl (C=O) groups is 2. The maximum absolute atomic E-state index is 12.7. The van der Waals surface area contributed by atoms with Crippen molar-refractivity contribution >= 4 is 11.9 Å². The Bertz CT molecular complexity index is 1190. The van der Waals surface area contributed by atoms with Crippen molar-refractivity contribution in [1.82, 2.24) is 0 Å². The zero-order chi connectivity index (χ0) is 29.5. The molecule has 3 rings (SSSR count). The van der Waals surface area contributed by atoms with E-state index in [0.717, 1.165) is 48.3 Å². The molecule has 3 aromatic rings. The number of unbranched alkanes of at least 4 members (excludes halogenated alkanes) is 1. The van der Waals surface area contributed by atoms with Crippen LogP contribution in [-0.4, -0.2) is 45.0 Å². The Morgan fingerprint density at radius 2 is 1.24 bits per heavy atom. The van der Waals surface area contributed by atoms with Crippen LogP contribution in [0.4, 0.5) is 0 Å². The summed E-state index contributed by atoms with van der Waals surface area (Å²) >= 11 is 0. The molecule has 0 radical (unpaired) electrons. The lowest BCUT2D eigenvalue weighted by Crippen LogP contribution is -2.16. The number of benzene rings is 3. The highest BCUT2D eigenvalue weighted by Crippen LogP contribution is 2.25. The summed E-state index contributed by atoms with van der Waals surface area (Å²) in [6.07, 6.45) is 2.56. The Hall–Kier alpha value is -3.68. The first-order valence-electron chi connectivity index (χ1n) is 14.4. The monoisotopic (exact) mass is 562 g/mol. The molecule has 0 bridgehead atoms. The zero-order valence-corrected chi connectivity index (χ0v) is 24.6. The van der Waals surface area contributed by atoms with Gasteiger partial charge in [0.1, 0.15) is 24.2 Å². The lowest BCUT2D eigenvalue weighted by atomic mass is 10.0. The van der Waals surface area contributed by atoms with Gasteiger partial charge in [0.15, 0.2) is 0 Å². The maximum atomic E-state index is 12.7. The average Bonchev–Trinajstić information content (AvgIpc) is 3.00. The number of hydrogen-bond acceptors (Lipinski definition) is 7. The van der Waals surface area contributed by atoms with Gasteiger partial charge < -0.3 is 23.7 Å². The summed E-state index contributed by atoms with van der Waals surface area (Å²) in [7, 11) is 0. The van der Waals surface area contributed by atoms with Crippen LogP contribution in [0.3, 0.4) is 0 Å². The van der Waals surface area contributed by atoms with Gasteiger partial charge in [-0.15, -0.1) is 0 Å². The Labute approximate surface area is 243 Å². The summed E-state index contributed by atoms with van der Waals surface area (Å²) in [5, 5.41) is 0. The molecule has 0 unspecified atom stereocenters. The summed E-state index contributed by atoms with van der Waals surface area (Å²) in [6, 6.07) is 22.1. The highest BCUT2D eigenvalue weighted by atomic mass is 16.6. The van der Waals surface area contributed by atoms with E-state index in [1.165, 1.54) is 0 Å². The fourth-order valence-electron chi connectivity index (χ4n) is 3.83. The Morgan fingerprint density at radius 1 is 0.683 bits per heavy atom. The van der Waals surface area contributed by atoms with Crippen molar-refractivity contribution in [2.45, 2.75) is 53.1 Å². The highest BCUT2D eigenvalue weighted by Gasteiger charge is 2.17. The minimum Gasteiger partial charge on any atom is -0.491 e. The number of rotatable bonds is 17. The molecule has 0 heterocycles. The van der Waals surface area contributed by atoms with Crippen molar-refractivity contribution in [3.8, 4) is 22.6 Å². The minimum atomic E-state index is -0.445. The van der Waals surface area contributed by atoms with E-state index in [4.69, 9.17) is 23.7 Å². The quantitative estimate of drug-likeness (QED) is 0.0961. The molecule has 0 fully saturated rings. The Kier molecular flexibility index (Phi) is 13.4. The van der Waals surface area contributed by atoms with Crippen LogP contribution in [0.25, 0.3) is 11.1 Å². The molecule has 41 heavy (non-hydrogen) atoms. The van der Waals surface area contributed by atoms with Crippen LogP contribution < -0.4 is 9.47 Å².